The summed E-state index contributed by atoms with van der Waals surface area (Å²) in [5.74, 6) is 1.42. The molecule has 0 saturated heterocycles. The molecule has 0 amide bonds. The smallest absolute Gasteiger partial charge is 0.213 e. The molecule has 1 rings (SSSR count). The largest absolute Gasteiger partial charge is 0.476 e. The zero-order valence-corrected chi connectivity index (χ0v) is 16.2. The molecule has 0 fully saturated rings. The van der Waals surface area contributed by atoms with Crippen molar-refractivity contribution in [1.29, 1.82) is 0 Å². The van der Waals surface area contributed by atoms with E-state index in [0.717, 1.165) is 25.3 Å². The van der Waals surface area contributed by atoms with E-state index in [2.05, 4.69) is 26.8 Å². The Hall–Kier alpha value is -1.02. The second-order valence-corrected chi connectivity index (χ2v) is 4.93. The lowest BCUT2D eigenvalue weighted by Gasteiger charge is -2.21. The fourth-order valence-electron chi connectivity index (χ4n) is 1.73. The third-order valence-electron chi connectivity index (χ3n) is 2.81. The average molecular weight is 439 g/mol. The minimum absolute atomic E-state index is 0. The number of ether oxygens (including phenoxy) is 1. The Morgan fingerprint density at radius 3 is 2.91 bits per heavy atom. The van der Waals surface area contributed by atoms with Gasteiger partial charge in [0.2, 0.25) is 5.88 Å². The number of aliphatic imine (C=N–C) groups is 1. The van der Waals surface area contributed by atoms with E-state index in [9.17, 15) is 0 Å². The summed E-state index contributed by atoms with van der Waals surface area (Å²) in [6.07, 6.45) is 5.56. The van der Waals surface area contributed by atoms with Crippen molar-refractivity contribution in [2.24, 2.45) is 4.99 Å². The molecule has 124 valence electrons. The molecule has 0 radical (unpaired) electrons. The van der Waals surface area contributed by atoms with Crippen LogP contribution < -0.4 is 10.1 Å². The molecular formula is C15H24ClIN4O. The first kappa shape index (κ1) is 21.0. The van der Waals surface area contributed by atoms with Crippen LogP contribution in [0.1, 0.15) is 12.8 Å². The van der Waals surface area contributed by atoms with Crippen molar-refractivity contribution in [1.82, 2.24) is 15.2 Å². The highest BCUT2D eigenvalue weighted by atomic mass is 127. The Morgan fingerprint density at radius 2 is 2.32 bits per heavy atom. The summed E-state index contributed by atoms with van der Waals surface area (Å²) in [7, 11) is 3.79. The second-order valence-electron chi connectivity index (χ2n) is 4.49. The van der Waals surface area contributed by atoms with Crippen LogP contribution in [0.4, 0.5) is 0 Å². The summed E-state index contributed by atoms with van der Waals surface area (Å²) in [4.78, 5) is 10.4. The highest BCUT2D eigenvalue weighted by molar-refractivity contribution is 14.0. The maximum Gasteiger partial charge on any atom is 0.213 e. The minimum Gasteiger partial charge on any atom is -0.476 e. The maximum absolute atomic E-state index is 5.76. The number of unbranched alkanes of at least 4 members (excludes halogenated alkanes) is 1. The van der Waals surface area contributed by atoms with Gasteiger partial charge >= 0.3 is 0 Å². The summed E-state index contributed by atoms with van der Waals surface area (Å²) >= 11 is 5.76. The molecule has 22 heavy (non-hydrogen) atoms. The molecule has 0 aromatic carbocycles. The third kappa shape index (κ3) is 8.43. The molecule has 1 aromatic heterocycles. The number of rotatable bonds is 8. The van der Waals surface area contributed by atoms with Crippen LogP contribution in [-0.2, 0) is 0 Å². The van der Waals surface area contributed by atoms with Crippen molar-refractivity contribution in [2.45, 2.75) is 12.8 Å². The topological polar surface area (TPSA) is 49.8 Å². The first-order chi connectivity index (χ1) is 10.2. The van der Waals surface area contributed by atoms with E-state index in [1.165, 1.54) is 0 Å². The number of nitrogens with one attached hydrogen (secondary N) is 1. The van der Waals surface area contributed by atoms with E-state index in [4.69, 9.17) is 16.3 Å². The lowest BCUT2D eigenvalue weighted by Crippen LogP contribution is -2.41. The molecule has 5 nitrogen and oxygen atoms in total. The number of hydrogen-bond acceptors (Lipinski definition) is 3. The molecule has 1 aromatic rings. The van der Waals surface area contributed by atoms with E-state index < -0.39 is 0 Å². The van der Waals surface area contributed by atoms with Gasteiger partial charge in [-0.2, -0.15) is 0 Å². The molecule has 0 saturated carbocycles. The van der Waals surface area contributed by atoms with Crippen molar-refractivity contribution >= 4 is 41.5 Å². The number of halogens is 2. The van der Waals surface area contributed by atoms with E-state index >= 15 is 0 Å². The summed E-state index contributed by atoms with van der Waals surface area (Å²) in [5.41, 5.74) is 0. The van der Waals surface area contributed by atoms with E-state index in [1.807, 2.05) is 13.1 Å². The summed E-state index contributed by atoms with van der Waals surface area (Å²) in [6.45, 7) is 5.82. The van der Waals surface area contributed by atoms with Gasteiger partial charge in [0, 0.05) is 32.9 Å². The molecule has 0 aliphatic carbocycles. The van der Waals surface area contributed by atoms with Gasteiger partial charge in [-0.1, -0.05) is 17.7 Å². The normalized spacial score (nSPS) is 10.6. The Bertz CT molecular complexity index is 453. The second kappa shape index (κ2) is 12.5. The average Bonchev–Trinajstić information content (AvgIpc) is 2.49. The Morgan fingerprint density at radius 1 is 1.55 bits per heavy atom. The quantitative estimate of drug-likeness (QED) is 0.223. The predicted octanol–water partition coefficient (Wildman–Crippen LogP) is 3.21. The fourth-order valence-corrected chi connectivity index (χ4v) is 1.84. The zero-order valence-electron chi connectivity index (χ0n) is 13.1. The van der Waals surface area contributed by atoms with Gasteiger partial charge in [0.05, 0.1) is 11.6 Å². The number of aromatic nitrogens is 1. The molecule has 0 unspecified atom stereocenters. The SMILES string of the molecule is C=CCCCN(C)C(=NC)NCCOc1ccc(Cl)cn1.I. The highest BCUT2D eigenvalue weighted by Gasteiger charge is 2.04. The standard InChI is InChI=1S/C15H23ClN4O.HI/c1-4-5-6-10-20(3)15(17-2)18-9-11-21-14-8-7-13(16)12-19-14;/h4,7-8,12H,1,5-6,9-11H2,2-3H3,(H,17,18);1H. The lowest BCUT2D eigenvalue weighted by molar-refractivity contribution is 0.307. The van der Waals surface area contributed by atoms with Crippen molar-refractivity contribution in [3.05, 3.63) is 36.0 Å². The minimum atomic E-state index is 0. The van der Waals surface area contributed by atoms with Crippen molar-refractivity contribution in [3.63, 3.8) is 0 Å². The van der Waals surface area contributed by atoms with Gasteiger partial charge in [-0.15, -0.1) is 30.6 Å². The molecule has 7 heteroatoms. The third-order valence-corrected chi connectivity index (χ3v) is 3.03. The van der Waals surface area contributed by atoms with Crippen molar-refractivity contribution in [3.8, 4) is 5.88 Å². The number of allylic oxidation sites excluding steroid dienone is 1. The number of pyridine rings is 1. The molecule has 0 aliphatic heterocycles. The van der Waals surface area contributed by atoms with Crippen LogP contribution in [0, 0.1) is 0 Å². The van der Waals surface area contributed by atoms with Crippen LogP contribution in [0.15, 0.2) is 36.0 Å². The van der Waals surface area contributed by atoms with Gasteiger partial charge in [-0.05, 0) is 18.9 Å². The van der Waals surface area contributed by atoms with Crippen LogP contribution in [-0.4, -0.2) is 49.6 Å². The molecule has 0 spiro atoms. The first-order valence-corrected chi connectivity index (χ1v) is 7.32. The number of guanidine groups is 1. The van der Waals surface area contributed by atoms with Gasteiger partial charge in [0.15, 0.2) is 5.96 Å². The van der Waals surface area contributed by atoms with Crippen LogP contribution in [0.3, 0.4) is 0 Å². The van der Waals surface area contributed by atoms with Crippen LogP contribution >= 0.6 is 35.6 Å². The van der Waals surface area contributed by atoms with E-state index in [-0.39, 0.29) is 24.0 Å². The molecule has 0 bridgehead atoms. The fraction of sp³-hybridized carbons (Fsp3) is 0.467. The van der Waals surface area contributed by atoms with Gasteiger partial charge in [-0.25, -0.2) is 4.98 Å². The summed E-state index contributed by atoms with van der Waals surface area (Å²) in [6, 6.07) is 3.50. The Kier molecular flexibility index (Phi) is 11.9. The zero-order chi connectivity index (χ0) is 15.5. The summed E-state index contributed by atoms with van der Waals surface area (Å²) in [5, 5.41) is 3.85. The molecule has 1 heterocycles. The Balaban J connectivity index is 0.00000441. The maximum atomic E-state index is 5.76. The molecule has 0 aliphatic rings. The number of hydrogen-bond donors (Lipinski definition) is 1. The Labute approximate surface area is 154 Å². The van der Waals surface area contributed by atoms with E-state index in [0.29, 0.717) is 24.1 Å². The summed E-state index contributed by atoms with van der Waals surface area (Å²) < 4.78 is 5.52. The predicted molar refractivity (Wildman–Crippen MR) is 104 cm³/mol. The molecule has 1 N–H and O–H groups in total. The molecule has 0 atom stereocenters. The van der Waals surface area contributed by atoms with E-state index in [1.54, 1.807) is 25.4 Å². The highest BCUT2D eigenvalue weighted by Crippen LogP contribution is 2.10. The van der Waals surface area contributed by atoms with Crippen molar-refractivity contribution in [2.75, 3.05) is 33.8 Å². The number of nitrogens with zero attached hydrogens (tertiary/aromatic N) is 3. The van der Waals surface area contributed by atoms with Gasteiger partial charge in [0.1, 0.15) is 6.61 Å². The van der Waals surface area contributed by atoms with Gasteiger partial charge in [0.25, 0.3) is 0 Å². The van der Waals surface area contributed by atoms with Gasteiger partial charge in [-0.3, -0.25) is 4.99 Å². The monoisotopic (exact) mass is 438 g/mol. The van der Waals surface area contributed by atoms with Crippen LogP contribution in [0.2, 0.25) is 5.02 Å². The van der Waals surface area contributed by atoms with Crippen LogP contribution in [0.5, 0.6) is 5.88 Å². The lowest BCUT2D eigenvalue weighted by atomic mass is 10.3. The van der Waals surface area contributed by atoms with Crippen molar-refractivity contribution < 1.29 is 4.74 Å². The first-order valence-electron chi connectivity index (χ1n) is 6.94. The van der Waals surface area contributed by atoms with Crippen LogP contribution in [0.25, 0.3) is 0 Å². The molecular weight excluding hydrogens is 415 g/mol. The van der Waals surface area contributed by atoms with Gasteiger partial charge < -0.3 is 15.0 Å².